The molecule has 5 heteroatoms. The lowest BCUT2D eigenvalue weighted by Crippen LogP contribution is -2.43. The Morgan fingerprint density at radius 2 is 2.20 bits per heavy atom. The molecule has 3 atom stereocenters. The molecule has 5 nitrogen and oxygen atoms in total. The van der Waals surface area contributed by atoms with Gasteiger partial charge in [0, 0.05) is 19.8 Å². The number of imide groups is 1. The minimum Gasteiger partial charge on any atom is -0.368 e. The van der Waals surface area contributed by atoms with Crippen LogP contribution in [0.15, 0.2) is 0 Å². The third-order valence-electron chi connectivity index (χ3n) is 3.05. The van der Waals surface area contributed by atoms with Crippen molar-refractivity contribution in [2.24, 2.45) is 0 Å². The van der Waals surface area contributed by atoms with E-state index in [2.05, 4.69) is 0 Å². The van der Waals surface area contributed by atoms with Crippen LogP contribution in [0, 0.1) is 0 Å². The first kappa shape index (κ1) is 10.6. The van der Waals surface area contributed by atoms with Gasteiger partial charge in [-0.25, -0.2) is 0 Å². The summed E-state index contributed by atoms with van der Waals surface area (Å²) in [7, 11) is 0. The molecular formula is C10H15NO4. The topological polar surface area (TPSA) is 66.8 Å². The molecule has 15 heavy (non-hydrogen) atoms. The fourth-order valence-corrected chi connectivity index (χ4v) is 2.39. The number of rotatable bonds is 1. The maximum Gasteiger partial charge on any atom is 0.229 e. The molecule has 3 unspecified atom stereocenters. The standard InChI is InChI=1S/C10H15NO4/c1-6(12)11-7(2-4-9(11)13)8-3-5-10(14)15-8/h7-8,10,14H,2-5H2,1H3. The molecule has 84 valence electrons. The predicted octanol–water partition coefficient (Wildman–Crippen LogP) is 0.0213. The van der Waals surface area contributed by atoms with Gasteiger partial charge < -0.3 is 9.84 Å². The van der Waals surface area contributed by atoms with Crippen LogP contribution >= 0.6 is 0 Å². The molecule has 2 amide bonds. The van der Waals surface area contributed by atoms with Crippen molar-refractivity contribution in [3.8, 4) is 0 Å². The lowest BCUT2D eigenvalue weighted by Gasteiger charge is -2.26. The Balaban J connectivity index is 2.08. The summed E-state index contributed by atoms with van der Waals surface area (Å²) in [5.41, 5.74) is 0. The molecule has 0 aromatic heterocycles. The molecule has 2 fully saturated rings. The fraction of sp³-hybridized carbons (Fsp3) is 0.800. The van der Waals surface area contributed by atoms with Gasteiger partial charge in [-0.15, -0.1) is 0 Å². The van der Waals surface area contributed by atoms with Crippen LogP contribution in [0.25, 0.3) is 0 Å². The summed E-state index contributed by atoms with van der Waals surface area (Å²) in [6.07, 6.45) is 1.43. The van der Waals surface area contributed by atoms with Gasteiger partial charge in [-0.1, -0.05) is 0 Å². The number of aliphatic hydroxyl groups is 1. The van der Waals surface area contributed by atoms with Crippen LogP contribution in [0.2, 0.25) is 0 Å². The summed E-state index contributed by atoms with van der Waals surface area (Å²) in [5, 5.41) is 9.24. The van der Waals surface area contributed by atoms with Crippen molar-refractivity contribution in [2.75, 3.05) is 0 Å². The van der Waals surface area contributed by atoms with Crippen molar-refractivity contribution in [3.63, 3.8) is 0 Å². The highest BCUT2D eigenvalue weighted by Crippen LogP contribution is 2.30. The van der Waals surface area contributed by atoms with Gasteiger partial charge in [0.15, 0.2) is 6.29 Å². The highest BCUT2D eigenvalue weighted by Gasteiger charge is 2.42. The summed E-state index contributed by atoms with van der Waals surface area (Å²) >= 11 is 0. The second-order valence-corrected chi connectivity index (χ2v) is 4.10. The van der Waals surface area contributed by atoms with Crippen LogP contribution in [-0.2, 0) is 14.3 Å². The second-order valence-electron chi connectivity index (χ2n) is 4.10. The molecule has 2 aliphatic heterocycles. The van der Waals surface area contributed by atoms with Gasteiger partial charge in [0.25, 0.3) is 0 Å². The zero-order valence-electron chi connectivity index (χ0n) is 8.68. The van der Waals surface area contributed by atoms with Crippen LogP contribution in [0.3, 0.4) is 0 Å². The summed E-state index contributed by atoms with van der Waals surface area (Å²) in [6, 6.07) is -0.174. The highest BCUT2D eigenvalue weighted by atomic mass is 16.6. The van der Waals surface area contributed by atoms with E-state index in [4.69, 9.17) is 4.74 Å². The van der Waals surface area contributed by atoms with Gasteiger partial charge >= 0.3 is 0 Å². The van der Waals surface area contributed by atoms with E-state index >= 15 is 0 Å². The van der Waals surface area contributed by atoms with Crippen LogP contribution in [0.1, 0.15) is 32.6 Å². The molecule has 0 saturated carbocycles. The van der Waals surface area contributed by atoms with Crippen LogP contribution < -0.4 is 0 Å². The lowest BCUT2D eigenvalue weighted by molar-refractivity contribution is -0.149. The molecular weight excluding hydrogens is 198 g/mol. The van der Waals surface area contributed by atoms with Crippen molar-refractivity contribution in [3.05, 3.63) is 0 Å². The van der Waals surface area contributed by atoms with Crippen molar-refractivity contribution in [1.29, 1.82) is 0 Å². The normalized spacial score (nSPS) is 36.3. The maximum atomic E-state index is 11.5. The summed E-state index contributed by atoms with van der Waals surface area (Å²) in [4.78, 5) is 24.0. The molecule has 2 saturated heterocycles. The van der Waals surface area contributed by atoms with Gasteiger partial charge in [-0.3, -0.25) is 14.5 Å². The Hall–Kier alpha value is -0.940. The van der Waals surface area contributed by atoms with Gasteiger partial charge in [0.2, 0.25) is 11.8 Å². The fourth-order valence-electron chi connectivity index (χ4n) is 2.39. The largest absolute Gasteiger partial charge is 0.368 e. The van der Waals surface area contributed by atoms with Gasteiger partial charge in [0.05, 0.1) is 12.1 Å². The van der Waals surface area contributed by atoms with E-state index in [9.17, 15) is 14.7 Å². The average molecular weight is 213 g/mol. The molecule has 0 aromatic rings. The van der Waals surface area contributed by atoms with E-state index < -0.39 is 6.29 Å². The number of likely N-dealkylation sites (tertiary alicyclic amines) is 1. The third-order valence-corrected chi connectivity index (χ3v) is 3.05. The number of nitrogens with zero attached hydrogens (tertiary/aromatic N) is 1. The Kier molecular flexibility index (Phi) is 2.75. The minimum absolute atomic E-state index is 0.127. The summed E-state index contributed by atoms with van der Waals surface area (Å²) < 4.78 is 5.28. The van der Waals surface area contributed by atoms with E-state index in [1.54, 1.807) is 0 Å². The smallest absolute Gasteiger partial charge is 0.229 e. The Morgan fingerprint density at radius 3 is 2.73 bits per heavy atom. The maximum absolute atomic E-state index is 11.5. The minimum atomic E-state index is -0.737. The second kappa shape index (κ2) is 3.90. The number of aliphatic hydroxyl groups excluding tert-OH is 1. The van der Waals surface area contributed by atoms with Gasteiger partial charge in [-0.05, 0) is 12.8 Å². The predicted molar refractivity (Wildman–Crippen MR) is 50.7 cm³/mol. The number of ether oxygens (including phenoxy) is 1. The molecule has 2 rings (SSSR count). The van der Waals surface area contributed by atoms with E-state index in [1.165, 1.54) is 11.8 Å². The highest BCUT2D eigenvalue weighted by molar-refractivity contribution is 5.96. The first-order chi connectivity index (χ1) is 7.09. The zero-order valence-corrected chi connectivity index (χ0v) is 8.68. The molecule has 0 aliphatic carbocycles. The van der Waals surface area contributed by atoms with Crippen molar-refractivity contribution >= 4 is 11.8 Å². The number of carbonyl (C=O) groups is 2. The quantitative estimate of drug-likeness (QED) is 0.667. The van der Waals surface area contributed by atoms with E-state index in [1.807, 2.05) is 0 Å². The van der Waals surface area contributed by atoms with E-state index in [0.717, 1.165) is 0 Å². The Bertz CT molecular complexity index is 291. The monoisotopic (exact) mass is 213 g/mol. The van der Waals surface area contributed by atoms with Crippen LogP contribution in [0.5, 0.6) is 0 Å². The number of carbonyl (C=O) groups excluding carboxylic acids is 2. The van der Waals surface area contributed by atoms with Gasteiger partial charge in [-0.2, -0.15) is 0 Å². The number of hydrogen-bond donors (Lipinski definition) is 1. The van der Waals surface area contributed by atoms with Crippen LogP contribution in [0.4, 0.5) is 0 Å². The van der Waals surface area contributed by atoms with E-state index in [-0.39, 0.29) is 24.0 Å². The number of hydrogen-bond acceptors (Lipinski definition) is 4. The molecule has 0 radical (unpaired) electrons. The van der Waals surface area contributed by atoms with Gasteiger partial charge in [0.1, 0.15) is 0 Å². The zero-order chi connectivity index (χ0) is 11.0. The first-order valence-corrected chi connectivity index (χ1v) is 5.25. The number of amides is 2. The third kappa shape index (κ3) is 1.89. The Labute approximate surface area is 88.0 Å². The van der Waals surface area contributed by atoms with Crippen molar-refractivity contribution in [1.82, 2.24) is 4.90 Å². The molecule has 2 aliphatic rings. The molecule has 0 spiro atoms. The molecule has 0 aromatic carbocycles. The Morgan fingerprint density at radius 1 is 1.47 bits per heavy atom. The molecule has 1 N–H and O–H groups in total. The molecule has 2 heterocycles. The first-order valence-electron chi connectivity index (χ1n) is 5.25. The van der Waals surface area contributed by atoms with Crippen LogP contribution in [-0.4, -0.2) is 40.3 Å². The van der Waals surface area contributed by atoms with Crippen molar-refractivity contribution < 1.29 is 19.4 Å². The average Bonchev–Trinajstić information content (AvgIpc) is 2.71. The van der Waals surface area contributed by atoms with E-state index in [0.29, 0.717) is 25.7 Å². The summed E-state index contributed by atoms with van der Waals surface area (Å²) in [6.45, 7) is 1.39. The lowest BCUT2D eigenvalue weighted by atomic mass is 10.1. The van der Waals surface area contributed by atoms with Crippen molar-refractivity contribution in [2.45, 2.75) is 51.0 Å². The molecule has 0 bridgehead atoms. The summed E-state index contributed by atoms with van der Waals surface area (Å²) in [5.74, 6) is -0.357. The SMILES string of the molecule is CC(=O)N1C(=O)CCC1C1CCC(O)O1.